The fourth-order valence-corrected chi connectivity index (χ4v) is 5.49. The Labute approximate surface area is 206 Å². The van der Waals surface area contributed by atoms with Crippen LogP contribution in [0.1, 0.15) is 23.2 Å². The van der Waals surface area contributed by atoms with Gasteiger partial charge in [0.15, 0.2) is 4.96 Å². The molecule has 1 fully saturated rings. The highest BCUT2D eigenvalue weighted by atomic mass is 32.1. The summed E-state index contributed by atoms with van der Waals surface area (Å²) in [7, 11) is 0. The van der Waals surface area contributed by atoms with Crippen molar-refractivity contribution in [3.63, 3.8) is 0 Å². The standard InChI is InChI=1S/C28H24N4O2S/c33-26(29-22-12-10-20(11-13-22)25-18-32-15-16-35-28(32)30-25)21-7-4-14-31(17-21)27(34)24-9-3-6-19-5-1-2-8-23(19)24/h1-3,5-6,8-13,15-16,18,21H,4,7,14,17H2,(H,29,33)/t21-/m0/s1. The van der Waals surface area contributed by atoms with E-state index < -0.39 is 0 Å². The molecule has 3 heterocycles. The molecule has 0 spiro atoms. The third-order valence-corrected chi connectivity index (χ3v) is 7.41. The van der Waals surface area contributed by atoms with Crippen molar-refractivity contribution < 1.29 is 9.59 Å². The quantitative estimate of drug-likeness (QED) is 0.358. The summed E-state index contributed by atoms with van der Waals surface area (Å²) >= 11 is 1.60. The van der Waals surface area contributed by atoms with Crippen LogP contribution >= 0.6 is 11.3 Å². The van der Waals surface area contributed by atoms with Gasteiger partial charge in [-0.05, 0) is 41.8 Å². The largest absolute Gasteiger partial charge is 0.338 e. The predicted molar refractivity (Wildman–Crippen MR) is 140 cm³/mol. The van der Waals surface area contributed by atoms with Crippen LogP contribution in [-0.4, -0.2) is 39.2 Å². The Morgan fingerprint density at radius 3 is 2.69 bits per heavy atom. The molecular weight excluding hydrogens is 456 g/mol. The third-order valence-electron chi connectivity index (χ3n) is 6.64. The molecule has 6 rings (SSSR count). The first-order chi connectivity index (χ1) is 17.2. The van der Waals surface area contributed by atoms with Gasteiger partial charge in [-0.3, -0.25) is 14.0 Å². The monoisotopic (exact) mass is 480 g/mol. The molecule has 0 unspecified atom stereocenters. The lowest BCUT2D eigenvalue weighted by atomic mass is 9.95. The zero-order valence-corrected chi connectivity index (χ0v) is 19.9. The summed E-state index contributed by atoms with van der Waals surface area (Å²) < 4.78 is 2.00. The van der Waals surface area contributed by atoms with Crippen LogP contribution in [0.5, 0.6) is 0 Å². The number of thiazole rings is 1. The fraction of sp³-hybridized carbons (Fsp3) is 0.179. The first kappa shape index (κ1) is 21.6. The smallest absolute Gasteiger partial charge is 0.254 e. The van der Waals surface area contributed by atoms with Crippen LogP contribution in [0.15, 0.2) is 84.5 Å². The Kier molecular flexibility index (Phi) is 5.54. The molecule has 0 bridgehead atoms. The molecule has 174 valence electrons. The van der Waals surface area contributed by atoms with Crippen LogP contribution in [0.2, 0.25) is 0 Å². The molecule has 2 amide bonds. The number of rotatable bonds is 4. The molecule has 35 heavy (non-hydrogen) atoms. The molecular formula is C28H24N4O2S. The van der Waals surface area contributed by atoms with E-state index in [1.54, 1.807) is 11.3 Å². The van der Waals surface area contributed by atoms with E-state index in [-0.39, 0.29) is 17.7 Å². The Bertz CT molecular complexity index is 1500. The Balaban J connectivity index is 1.13. The highest BCUT2D eigenvalue weighted by molar-refractivity contribution is 7.15. The summed E-state index contributed by atoms with van der Waals surface area (Å²) in [6, 6.07) is 21.5. The minimum atomic E-state index is -0.234. The van der Waals surface area contributed by atoms with Gasteiger partial charge < -0.3 is 10.2 Å². The number of carbonyl (C=O) groups is 2. The molecule has 2 aromatic heterocycles. The van der Waals surface area contributed by atoms with Crippen molar-refractivity contribution in [2.75, 3.05) is 18.4 Å². The number of piperidine rings is 1. The maximum Gasteiger partial charge on any atom is 0.254 e. The topological polar surface area (TPSA) is 66.7 Å². The number of hydrogen-bond acceptors (Lipinski definition) is 4. The molecule has 0 saturated carbocycles. The van der Waals surface area contributed by atoms with Crippen molar-refractivity contribution in [1.29, 1.82) is 0 Å². The van der Waals surface area contributed by atoms with E-state index in [1.807, 2.05) is 93.8 Å². The molecule has 3 aromatic carbocycles. The normalized spacial score (nSPS) is 16.0. The number of carbonyl (C=O) groups excluding carboxylic acids is 2. The number of hydrogen-bond donors (Lipinski definition) is 1. The predicted octanol–water partition coefficient (Wildman–Crippen LogP) is 5.71. The molecule has 1 aliphatic heterocycles. The van der Waals surface area contributed by atoms with Crippen molar-refractivity contribution >= 4 is 44.6 Å². The molecule has 1 atom stereocenters. The van der Waals surface area contributed by atoms with E-state index >= 15 is 0 Å². The average Bonchev–Trinajstić information content (AvgIpc) is 3.51. The first-order valence-electron chi connectivity index (χ1n) is 11.8. The second-order valence-corrected chi connectivity index (χ2v) is 9.78. The third kappa shape index (κ3) is 4.19. The summed E-state index contributed by atoms with van der Waals surface area (Å²) in [6.45, 7) is 1.10. The minimum absolute atomic E-state index is 0.0105. The number of aromatic nitrogens is 2. The first-order valence-corrected chi connectivity index (χ1v) is 12.6. The van der Waals surface area contributed by atoms with Gasteiger partial charge in [0, 0.05) is 47.7 Å². The van der Waals surface area contributed by atoms with Crippen LogP contribution in [0.4, 0.5) is 5.69 Å². The van der Waals surface area contributed by atoms with Gasteiger partial charge in [0.1, 0.15) is 0 Å². The lowest BCUT2D eigenvalue weighted by molar-refractivity contribution is -0.121. The van der Waals surface area contributed by atoms with Gasteiger partial charge in [-0.1, -0.05) is 48.5 Å². The maximum atomic E-state index is 13.3. The number of nitrogens with one attached hydrogen (secondary N) is 1. The molecule has 1 N–H and O–H groups in total. The number of fused-ring (bicyclic) bond motifs is 2. The molecule has 0 radical (unpaired) electrons. The zero-order chi connectivity index (χ0) is 23.8. The van der Waals surface area contributed by atoms with Gasteiger partial charge in [-0.15, -0.1) is 11.3 Å². The highest BCUT2D eigenvalue weighted by Gasteiger charge is 2.29. The molecule has 7 heteroatoms. The van der Waals surface area contributed by atoms with E-state index in [9.17, 15) is 9.59 Å². The van der Waals surface area contributed by atoms with Crippen molar-refractivity contribution in [2.45, 2.75) is 12.8 Å². The van der Waals surface area contributed by atoms with Crippen molar-refractivity contribution in [2.24, 2.45) is 5.92 Å². The number of nitrogens with zero attached hydrogens (tertiary/aromatic N) is 3. The average molecular weight is 481 g/mol. The summed E-state index contributed by atoms with van der Waals surface area (Å²) in [5.74, 6) is -0.290. The number of anilines is 1. The second-order valence-electron chi connectivity index (χ2n) is 8.90. The molecule has 1 aliphatic rings. The van der Waals surface area contributed by atoms with Crippen LogP contribution in [0.3, 0.4) is 0 Å². The lowest BCUT2D eigenvalue weighted by Gasteiger charge is -2.32. The van der Waals surface area contributed by atoms with Crippen LogP contribution in [0.25, 0.3) is 27.0 Å². The fourth-order valence-electron chi connectivity index (χ4n) is 4.79. The molecule has 6 nitrogen and oxygen atoms in total. The number of amides is 2. The van der Waals surface area contributed by atoms with Gasteiger partial charge in [0.2, 0.25) is 5.91 Å². The van der Waals surface area contributed by atoms with Crippen molar-refractivity contribution in [3.8, 4) is 11.3 Å². The number of likely N-dealkylation sites (tertiary alicyclic amines) is 1. The summed E-state index contributed by atoms with van der Waals surface area (Å²) in [5.41, 5.74) is 3.35. The second kappa shape index (κ2) is 9.00. The Morgan fingerprint density at radius 1 is 1.00 bits per heavy atom. The highest BCUT2D eigenvalue weighted by Crippen LogP contribution is 2.26. The van der Waals surface area contributed by atoms with Gasteiger partial charge >= 0.3 is 0 Å². The molecule has 0 aliphatic carbocycles. The van der Waals surface area contributed by atoms with E-state index in [0.717, 1.165) is 45.5 Å². The van der Waals surface area contributed by atoms with Crippen molar-refractivity contribution in [1.82, 2.24) is 14.3 Å². The molecule has 1 saturated heterocycles. The van der Waals surface area contributed by atoms with Crippen LogP contribution < -0.4 is 5.32 Å². The summed E-state index contributed by atoms with van der Waals surface area (Å²) in [5, 5.41) is 7.04. The number of benzene rings is 3. The summed E-state index contributed by atoms with van der Waals surface area (Å²) in [4.78, 5) is 33.8. The van der Waals surface area contributed by atoms with Gasteiger partial charge in [0.25, 0.3) is 5.91 Å². The lowest BCUT2D eigenvalue weighted by Crippen LogP contribution is -2.43. The van der Waals surface area contributed by atoms with Crippen LogP contribution in [-0.2, 0) is 4.79 Å². The SMILES string of the molecule is O=C(Nc1ccc(-c2cn3ccsc3n2)cc1)[C@H]1CCCN(C(=O)c2cccc3ccccc23)C1. The zero-order valence-electron chi connectivity index (χ0n) is 19.1. The molecule has 5 aromatic rings. The Morgan fingerprint density at radius 2 is 1.83 bits per heavy atom. The Hall–Kier alpha value is -3.97. The number of imidazole rings is 1. The van der Waals surface area contributed by atoms with Crippen molar-refractivity contribution in [3.05, 3.63) is 90.1 Å². The van der Waals surface area contributed by atoms with Gasteiger partial charge in [-0.2, -0.15) is 0 Å². The maximum absolute atomic E-state index is 13.3. The van der Waals surface area contributed by atoms with E-state index in [1.165, 1.54) is 0 Å². The van der Waals surface area contributed by atoms with Crippen LogP contribution in [0, 0.1) is 5.92 Å². The minimum Gasteiger partial charge on any atom is -0.338 e. The van der Waals surface area contributed by atoms with Gasteiger partial charge in [0.05, 0.1) is 11.6 Å². The summed E-state index contributed by atoms with van der Waals surface area (Å²) in [6.07, 6.45) is 5.58. The van der Waals surface area contributed by atoms with E-state index in [2.05, 4.69) is 10.3 Å². The van der Waals surface area contributed by atoms with Gasteiger partial charge in [-0.25, -0.2) is 4.98 Å². The van der Waals surface area contributed by atoms with E-state index in [4.69, 9.17) is 0 Å². The van der Waals surface area contributed by atoms with E-state index in [0.29, 0.717) is 18.7 Å².